The predicted octanol–water partition coefficient (Wildman–Crippen LogP) is 3.00. The molecule has 0 atom stereocenters. The number of rotatable bonds is 8. The van der Waals surface area contributed by atoms with Gasteiger partial charge in [0.2, 0.25) is 5.91 Å². The molecule has 0 aliphatic rings. The summed E-state index contributed by atoms with van der Waals surface area (Å²) in [6, 6.07) is 0. The second kappa shape index (κ2) is 7.27. The summed E-state index contributed by atoms with van der Waals surface area (Å²) in [7, 11) is 0. The van der Waals surface area contributed by atoms with Gasteiger partial charge >= 0.3 is 0 Å². The molecule has 0 aromatic carbocycles. The highest BCUT2D eigenvalue weighted by Gasteiger charge is 2.28. The number of carbonyl (C=O) groups excluding carboxylic acids is 1. The van der Waals surface area contributed by atoms with Crippen LogP contribution in [0.4, 0.5) is 0 Å². The number of nitrogens with one attached hydrogen (secondary N) is 1. The highest BCUT2D eigenvalue weighted by atomic mass is 32.1. The third-order valence-electron chi connectivity index (χ3n) is 2.27. The molecule has 17 heavy (non-hydrogen) atoms. The van der Waals surface area contributed by atoms with Gasteiger partial charge in [-0.15, -0.1) is 0 Å². The maximum atomic E-state index is 11.7. The zero-order valence-electron chi connectivity index (χ0n) is 11.8. The summed E-state index contributed by atoms with van der Waals surface area (Å²) >= 11 is 4.51. The number of hydrogen-bond acceptors (Lipinski definition) is 3. The molecule has 0 bridgehead atoms. The van der Waals surface area contributed by atoms with Crippen molar-refractivity contribution < 1.29 is 9.53 Å². The molecule has 102 valence electrons. The Morgan fingerprint density at radius 1 is 1.29 bits per heavy atom. The van der Waals surface area contributed by atoms with Crippen LogP contribution in [0.25, 0.3) is 0 Å². The van der Waals surface area contributed by atoms with E-state index in [4.69, 9.17) is 4.74 Å². The Kier molecular flexibility index (Phi) is 7.17. The third kappa shape index (κ3) is 10.6. The maximum Gasteiger partial charge on any atom is 0.222 e. The first-order chi connectivity index (χ1) is 7.66. The number of amides is 1. The van der Waals surface area contributed by atoms with Crippen molar-refractivity contribution in [1.82, 2.24) is 5.32 Å². The van der Waals surface area contributed by atoms with Crippen LogP contribution >= 0.6 is 12.6 Å². The lowest BCUT2D eigenvalue weighted by atomic mass is 9.80. The van der Waals surface area contributed by atoms with Crippen LogP contribution in [-0.4, -0.2) is 24.0 Å². The average Bonchev–Trinajstić information content (AvgIpc) is 2.07. The summed E-state index contributed by atoms with van der Waals surface area (Å²) in [4.78, 5) is 11.7. The molecule has 0 rings (SSSR count). The molecule has 0 aromatic heterocycles. The van der Waals surface area contributed by atoms with Crippen molar-refractivity contribution in [2.75, 3.05) is 13.3 Å². The summed E-state index contributed by atoms with van der Waals surface area (Å²) < 4.78 is 5.17. The number of thiol groups is 1. The summed E-state index contributed by atoms with van der Waals surface area (Å²) in [6.07, 6.45) is 2.37. The van der Waals surface area contributed by atoms with Gasteiger partial charge in [0.1, 0.15) is 6.73 Å². The molecule has 4 heteroatoms. The molecule has 0 saturated heterocycles. The molecule has 0 aliphatic heterocycles. The smallest absolute Gasteiger partial charge is 0.222 e. The van der Waals surface area contributed by atoms with Crippen LogP contribution in [0.15, 0.2) is 0 Å². The van der Waals surface area contributed by atoms with E-state index in [0.29, 0.717) is 19.8 Å². The zero-order valence-corrected chi connectivity index (χ0v) is 12.7. The van der Waals surface area contributed by atoms with Crippen molar-refractivity contribution in [3.63, 3.8) is 0 Å². The van der Waals surface area contributed by atoms with Crippen LogP contribution in [0.2, 0.25) is 0 Å². The number of carbonyl (C=O) groups is 1. The topological polar surface area (TPSA) is 38.3 Å². The van der Waals surface area contributed by atoms with Crippen molar-refractivity contribution in [3.05, 3.63) is 0 Å². The first-order valence-corrected chi connectivity index (χ1v) is 6.68. The van der Waals surface area contributed by atoms with Crippen molar-refractivity contribution in [2.45, 2.75) is 58.6 Å². The number of ether oxygens (including phenoxy) is 1. The van der Waals surface area contributed by atoms with Crippen LogP contribution in [0.5, 0.6) is 0 Å². The standard InChI is InChI=1S/C13H27NO2S/c1-6-7-16-10-14-11(15)8-12(2,3)9-13(4,5)17/h17H,6-10H2,1-5H3,(H,14,15). The van der Waals surface area contributed by atoms with E-state index >= 15 is 0 Å². The first kappa shape index (κ1) is 16.8. The van der Waals surface area contributed by atoms with Gasteiger partial charge in [-0.3, -0.25) is 4.79 Å². The van der Waals surface area contributed by atoms with Gasteiger partial charge in [-0.25, -0.2) is 0 Å². The highest BCUT2D eigenvalue weighted by molar-refractivity contribution is 7.81. The fourth-order valence-corrected chi connectivity index (χ4v) is 2.51. The van der Waals surface area contributed by atoms with E-state index in [1.54, 1.807) is 0 Å². The minimum absolute atomic E-state index is 0.0416. The van der Waals surface area contributed by atoms with Gasteiger partial charge < -0.3 is 10.1 Å². The Bertz CT molecular complexity index is 234. The van der Waals surface area contributed by atoms with Crippen LogP contribution in [0.1, 0.15) is 53.9 Å². The molecule has 0 fully saturated rings. The SMILES string of the molecule is CCCOCNC(=O)CC(C)(C)CC(C)(C)S. The monoisotopic (exact) mass is 261 g/mol. The van der Waals surface area contributed by atoms with E-state index < -0.39 is 0 Å². The Morgan fingerprint density at radius 2 is 1.88 bits per heavy atom. The van der Waals surface area contributed by atoms with Gasteiger partial charge in [-0.2, -0.15) is 12.6 Å². The first-order valence-electron chi connectivity index (χ1n) is 6.23. The maximum absolute atomic E-state index is 11.7. The minimum atomic E-state index is -0.0531. The highest BCUT2D eigenvalue weighted by Crippen LogP contribution is 2.34. The van der Waals surface area contributed by atoms with Gasteiger partial charge in [-0.05, 0) is 18.3 Å². The molecule has 0 spiro atoms. The molecule has 0 aliphatic carbocycles. The molecule has 0 unspecified atom stereocenters. The predicted molar refractivity (Wildman–Crippen MR) is 75.3 cm³/mol. The van der Waals surface area contributed by atoms with Gasteiger partial charge in [0.05, 0.1) is 0 Å². The second-order valence-corrected chi connectivity index (χ2v) is 7.19. The Labute approximate surface area is 111 Å². The Morgan fingerprint density at radius 3 is 2.35 bits per heavy atom. The lowest BCUT2D eigenvalue weighted by Gasteiger charge is -2.31. The van der Waals surface area contributed by atoms with E-state index in [1.165, 1.54) is 0 Å². The van der Waals surface area contributed by atoms with Crippen LogP contribution in [0.3, 0.4) is 0 Å². The molecule has 1 N–H and O–H groups in total. The fraction of sp³-hybridized carbons (Fsp3) is 0.923. The van der Waals surface area contributed by atoms with E-state index in [9.17, 15) is 4.79 Å². The van der Waals surface area contributed by atoms with Gasteiger partial charge in [0, 0.05) is 17.8 Å². The van der Waals surface area contributed by atoms with Crippen molar-refractivity contribution >= 4 is 18.5 Å². The van der Waals surface area contributed by atoms with Crippen molar-refractivity contribution in [1.29, 1.82) is 0 Å². The van der Waals surface area contributed by atoms with E-state index in [1.807, 2.05) is 6.92 Å². The van der Waals surface area contributed by atoms with Crippen molar-refractivity contribution in [3.8, 4) is 0 Å². The largest absolute Gasteiger partial charge is 0.361 e. The molecule has 3 nitrogen and oxygen atoms in total. The Hall–Kier alpha value is -0.220. The van der Waals surface area contributed by atoms with Crippen LogP contribution < -0.4 is 5.32 Å². The van der Waals surface area contributed by atoms with E-state index in [-0.39, 0.29) is 16.1 Å². The number of hydrogen-bond donors (Lipinski definition) is 2. The van der Waals surface area contributed by atoms with Gasteiger partial charge in [-0.1, -0.05) is 34.6 Å². The molecular formula is C13H27NO2S. The third-order valence-corrected chi connectivity index (χ3v) is 2.43. The van der Waals surface area contributed by atoms with Gasteiger partial charge in [0.25, 0.3) is 0 Å². The summed E-state index contributed by atoms with van der Waals surface area (Å²) in [6.45, 7) is 11.4. The molecular weight excluding hydrogens is 234 g/mol. The molecule has 0 aromatic rings. The van der Waals surface area contributed by atoms with Crippen molar-refractivity contribution in [2.24, 2.45) is 5.41 Å². The molecule has 0 radical (unpaired) electrons. The van der Waals surface area contributed by atoms with Gasteiger partial charge in [0.15, 0.2) is 0 Å². The second-order valence-electron chi connectivity index (χ2n) is 5.98. The molecule has 0 saturated carbocycles. The van der Waals surface area contributed by atoms with E-state index in [2.05, 4.69) is 45.6 Å². The Balaban J connectivity index is 3.93. The average molecular weight is 261 g/mol. The fourth-order valence-electron chi connectivity index (χ4n) is 2.08. The van der Waals surface area contributed by atoms with E-state index in [0.717, 1.165) is 12.8 Å². The summed E-state index contributed by atoms with van der Waals surface area (Å²) in [5, 5.41) is 2.77. The zero-order chi connectivity index (χ0) is 13.5. The minimum Gasteiger partial charge on any atom is -0.361 e. The van der Waals surface area contributed by atoms with Crippen LogP contribution in [-0.2, 0) is 9.53 Å². The molecule has 1 amide bonds. The van der Waals surface area contributed by atoms with Crippen LogP contribution in [0, 0.1) is 5.41 Å². The summed E-state index contributed by atoms with van der Waals surface area (Å²) in [5.74, 6) is 0.0451. The lowest BCUT2D eigenvalue weighted by molar-refractivity contribution is -0.124. The lowest BCUT2D eigenvalue weighted by Crippen LogP contribution is -2.33. The molecule has 0 heterocycles. The quantitative estimate of drug-likeness (QED) is 0.400. The summed E-state index contributed by atoms with van der Waals surface area (Å²) in [5.41, 5.74) is -0.0416. The normalized spacial score (nSPS) is 12.6.